The first-order chi connectivity index (χ1) is 12.8. The summed E-state index contributed by atoms with van der Waals surface area (Å²) >= 11 is 0. The topological polar surface area (TPSA) is 97.1 Å². The van der Waals surface area contributed by atoms with E-state index in [1.54, 1.807) is 24.3 Å². The molecule has 28 heavy (non-hydrogen) atoms. The first-order valence-corrected chi connectivity index (χ1v) is 18.3. The molecule has 7 nitrogen and oxygen atoms in total. The lowest BCUT2D eigenvalue weighted by molar-refractivity contribution is 0.147. The Morgan fingerprint density at radius 3 is 1.93 bits per heavy atom. The van der Waals surface area contributed by atoms with Crippen LogP contribution < -0.4 is 10.3 Å². The van der Waals surface area contributed by atoms with Crippen LogP contribution >= 0.6 is 7.82 Å². The van der Waals surface area contributed by atoms with Crippen LogP contribution in [-0.2, 0) is 25.0 Å². The van der Waals surface area contributed by atoms with Crippen molar-refractivity contribution in [2.75, 3.05) is 13.2 Å². The number of nitrogens with two attached hydrogens (primary N) is 1. The van der Waals surface area contributed by atoms with E-state index in [4.69, 9.17) is 24.0 Å². The predicted molar refractivity (Wildman–Crippen MR) is 117 cm³/mol. The molecule has 0 fully saturated rings. The second kappa shape index (κ2) is 10.6. The smallest absolute Gasteiger partial charge is 0.445 e. The second-order valence-corrected chi connectivity index (χ2v) is 21.9. The average molecular weight is 448 g/mol. The minimum atomic E-state index is -3.81. The molecule has 10 heteroatoms. The number of hydrogen-bond acceptors (Lipinski definition) is 6. The van der Waals surface area contributed by atoms with Crippen molar-refractivity contribution in [1.29, 1.82) is 0 Å². The van der Waals surface area contributed by atoms with Crippen LogP contribution in [-0.4, -0.2) is 35.5 Å². The molecule has 0 heterocycles. The van der Waals surface area contributed by atoms with E-state index in [0.29, 0.717) is 18.8 Å². The average Bonchev–Trinajstić information content (AvgIpc) is 2.51. The van der Waals surface area contributed by atoms with Gasteiger partial charge in [0.15, 0.2) is 0 Å². The van der Waals surface area contributed by atoms with Crippen molar-refractivity contribution in [2.45, 2.75) is 58.0 Å². The van der Waals surface area contributed by atoms with Gasteiger partial charge in [-0.2, -0.15) is 0 Å². The van der Waals surface area contributed by atoms with Crippen molar-refractivity contribution in [3.8, 4) is 5.75 Å². The van der Waals surface area contributed by atoms with Crippen LogP contribution in [0.15, 0.2) is 24.3 Å². The van der Waals surface area contributed by atoms with Crippen LogP contribution in [0.5, 0.6) is 5.75 Å². The van der Waals surface area contributed by atoms with Gasteiger partial charge in [0.05, 0.1) is 13.2 Å². The first-order valence-electron chi connectivity index (χ1n) is 9.39. The molecule has 1 aromatic carbocycles. The molecule has 0 aliphatic heterocycles. The van der Waals surface area contributed by atoms with Crippen molar-refractivity contribution in [1.82, 2.24) is 0 Å². The van der Waals surface area contributed by atoms with Gasteiger partial charge in [0.2, 0.25) is 0 Å². The number of para-hydroxylation sites is 1. The number of rotatable bonds is 12. The number of ether oxygens (including phenoxy) is 1. The largest absolute Gasteiger partial charge is 0.530 e. The number of carbonyl (C=O) groups excluding carboxylic acids is 1. The zero-order valence-electron chi connectivity index (χ0n) is 17.8. The molecule has 1 rings (SSSR count). The fraction of sp³-hybridized carbons (Fsp3) is 0.611. The standard InChI is InChI=1S/C18H34NO6PSi2/c1-27(2,3)13-11-23-26(21,24-12-14-28(4,5)6)25-17-10-8-7-9-16(17)15-22-18(19)20/h7-10H,11-15H2,1-6H3,(H2,19,20). The Balaban J connectivity index is 2.92. The lowest BCUT2D eigenvalue weighted by Gasteiger charge is -2.23. The molecule has 0 aromatic heterocycles. The highest BCUT2D eigenvalue weighted by Crippen LogP contribution is 2.51. The third-order valence-electron chi connectivity index (χ3n) is 3.76. The maximum Gasteiger partial charge on any atom is 0.530 e. The normalized spacial score (nSPS) is 12.6. The van der Waals surface area contributed by atoms with Crippen LogP contribution in [0.2, 0.25) is 51.4 Å². The summed E-state index contributed by atoms with van der Waals surface area (Å²) in [4.78, 5) is 10.9. The van der Waals surface area contributed by atoms with Gasteiger partial charge in [-0.3, -0.25) is 9.05 Å². The van der Waals surface area contributed by atoms with Gasteiger partial charge in [-0.05, 0) is 18.2 Å². The molecule has 0 unspecified atom stereocenters. The van der Waals surface area contributed by atoms with Crippen molar-refractivity contribution in [3.05, 3.63) is 29.8 Å². The third-order valence-corrected chi connectivity index (χ3v) is 8.58. The molecule has 1 amide bonds. The molecule has 0 saturated carbocycles. The first kappa shape index (κ1) is 24.9. The minimum absolute atomic E-state index is 0.0880. The summed E-state index contributed by atoms with van der Waals surface area (Å²) < 4.78 is 35.1. The van der Waals surface area contributed by atoms with Gasteiger partial charge in [0.25, 0.3) is 0 Å². The number of phosphoric ester groups is 1. The monoisotopic (exact) mass is 447 g/mol. The molecular formula is C18H34NO6PSi2. The summed E-state index contributed by atoms with van der Waals surface area (Å²) in [5.74, 6) is 0.285. The van der Waals surface area contributed by atoms with Crippen LogP contribution in [0, 0.1) is 0 Å². The summed E-state index contributed by atoms with van der Waals surface area (Å²) in [6.07, 6.45) is -0.893. The van der Waals surface area contributed by atoms with Gasteiger partial charge >= 0.3 is 13.9 Å². The molecule has 0 saturated heterocycles. The molecule has 0 radical (unpaired) electrons. The SMILES string of the molecule is C[Si](C)(C)CCOP(=O)(OCC[Si](C)(C)C)Oc1ccccc1COC(N)=O. The number of primary amides is 1. The highest BCUT2D eigenvalue weighted by molar-refractivity contribution is 7.49. The van der Waals surface area contributed by atoms with E-state index < -0.39 is 30.1 Å². The maximum absolute atomic E-state index is 13.3. The number of benzene rings is 1. The molecule has 160 valence electrons. The van der Waals surface area contributed by atoms with Gasteiger partial charge in [-0.1, -0.05) is 57.5 Å². The lowest BCUT2D eigenvalue weighted by Crippen LogP contribution is -2.23. The number of phosphoric acid groups is 1. The third kappa shape index (κ3) is 11.0. The highest BCUT2D eigenvalue weighted by Gasteiger charge is 2.31. The van der Waals surface area contributed by atoms with Crippen molar-refractivity contribution in [3.63, 3.8) is 0 Å². The Morgan fingerprint density at radius 1 is 0.964 bits per heavy atom. The van der Waals surface area contributed by atoms with E-state index in [0.717, 1.165) is 12.1 Å². The zero-order valence-corrected chi connectivity index (χ0v) is 20.7. The van der Waals surface area contributed by atoms with Crippen molar-refractivity contribution in [2.24, 2.45) is 5.73 Å². The van der Waals surface area contributed by atoms with Gasteiger partial charge < -0.3 is 15.0 Å². The van der Waals surface area contributed by atoms with Crippen molar-refractivity contribution >= 4 is 30.1 Å². The molecular weight excluding hydrogens is 413 g/mol. The number of amides is 1. The highest BCUT2D eigenvalue weighted by atomic mass is 31.2. The summed E-state index contributed by atoms with van der Waals surface area (Å²) in [6, 6.07) is 8.50. The van der Waals surface area contributed by atoms with E-state index in [9.17, 15) is 9.36 Å². The van der Waals surface area contributed by atoms with Crippen LogP contribution in [0.3, 0.4) is 0 Å². The van der Waals surface area contributed by atoms with Gasteiger partial charge in [0.1, 0.15) is 12.4 Å². The maximum atomic E-state index is 13.3. The van der Waals surface area contributed by atoms with Crippen molar-refractivity contribution < 1.29 is 27.7 Å². The molecule has 0 atom stereocenters. The minimum Gasteiger partial charge on any atom is -0.445 e. The summed E-state index contributed by atoms with van der Waals surface area (Å²) in [7, 11) is -6.55. The Morgan fingerprint density at radius 2 is 1.46 bits per heavy atom. The number of carbonyl (C=O) groups is 1. The van der Waals surface area contributed by atoms with Crippen LogP contribution in [0.1, 0.15) is 5.56 Å². The summed E-state index contributed by atoms with van der Waals surface area (Å²) in [5, 5.41) is 0. The van der Waals surface area contributed by atoms with E-state index in [2.05, 4.69) is 39.3 Å². The molecule has 2 N–H and O–H groups in total. The Bertz CT molecular complexity index is 663. The molecule has 0 spiro atoms. The quantitative estimate of drug-likeness (QED) is 0.337. The van der Waals surface area contributed by atoms with E-state index >= 15 is 0 Å². The lowest BCUT2D eigenvalue weighted by atomic mass is 10.2. The fourth-order valence-electron chi connectivity index (χ4n) is 2.00. The van der Waals surface area contributed by atoms with E-state index in [1.807, 2.05) is 0 Å². The van der Waals surface area contributed by atoms with Crippen LogP contribution in [0.25, 0.3) is 0 Å². The Kier molecular flexibility index (Phi) is 9.42. The van der Waals surface area contributed by atoms with Gasteiger partial charge in [0, 0.05) is 21.7 Å². The van der Waals surface area contributed by atoms with Gasteiger partial charge in [-0.25, -0.2) is 9.36 Å². The van der Waals surface area contributed by atoms with Gasteiger partial charge in [-0.15, -0.1) is 0 Å². The van der Waals surface area contributed by atoms with E-state index in [1.165, 1.54) is 0 Å². The summed E-state index contributed by atoms with van der Waals surface area (Å²) in [6.45, 7) is 13.8. The Hall–Kier alpha value is -1.13. The molecule has 0 aliphatic rings. The van der Waals surface area contributed by atoms with Crippen LogP contribution in [0.4, 0.5) is 4.79 Å². The second-order valence-electron chi connectivity index (χ2n) is 9.04. The fourth-order valence-corrected chi connectivity index (χ4v) is 5.00. The zero-order chi connectivity index (χ0) is 21.4. The predicted octanol–water partition coefficient (Wildman–Crippen LogP) is 5.48. The van der Waals surface area contributed by atoms with E-state index in [-0.39, 0.29) is 12.4 Å². The number of hydrogen-bond donors (Lipinski definition) is 1. The molecule has 0 bridgehead atoms. The Labute approximate surface area is 170 Å². The molecule has 1 aromatic rings. The molecule has 0 aliphatic carbocycles. The summed E-state index contributed by atoms with van der Waals surface area (Å²) in [5.41, 5.74) is 5.56.